The fraction of sp³-hybridized carbons (Fsp3) is 0.481. The minimum absolute atomic E-state index is 0.00919. The number of nitrogens with two attached hydrogens (primary N) is 1. The van der Waals surface area contributed by atoms with Crippen LogP contribution >= 0.6 is 0 Å². The molecule has 2 aromatic rings. The number of hydrogen-bond donors (Lipinski definition) is 1. The van der Waals surface area contributed by atoms with E-state index in [0.717, 1.165) is 37.3 Å². The Morgan fingerprint density at radius 1 is 1.11 bits per heavy atom. The van der Waals surface area contributed by atoms with Crippen LogP contribution in [0.5, 0.6) is 17.2 Å². The maximum atomic E-state index is 13.8. The first-order chi connectivity index (χ1) is 16.9. The molecule has 8 nitrogen and oxygen atoms in total. The van der Waals surface area contributed by atoms with Gasteiger partial charge >= 0.3 is 0 Å². The average molecular weight is 481 g/mol. The minimum atomic E-state index is -0.666. The summed E-state index contributed by atoms with van der Waals surface area (Å²) in [7, 11) is 0. The second-order valence-electron chi connectivity index (χ2n) is 8.40. The van der Waals surface area contributed by atoms with Crippen molar-refractivity contribution in [1.29, 1.82) is 5.26 Å². The van der Waals surface area contributed by atoms with Crippen molar-refractivity contribution in [2.45, 2.75) is 53.5 Å². The number of nitrogens with zero attached hydrogens (tertiary/aromatic N) is 3. The van der Waals surface area contributed by atoms with Crippen LogP contribution < -0.4 is 25.5 Å². The molecular formula is C27H36N4O4. The molecule has 0 aliphatic carbocycles. The Balaban J connectivity index is 2.11. The number of aryl methyl sites for hydroxylation is 1. The van der Waals surface area contributed by atoms with Crippen molar-refractivity contribution >= 4 is 0 Å². The molecule has 1 aliphatic heterocycles. The highest BCUT2D eigenvalue weighted by Gasteiger charge is 2.35. The van der Waals surface area contributed by atoms with Gasteiger partial charge in [-0.3, -0.25) is 4.79 Å². The summed E-state index contributed by atoms with van der Waals surface area (Å²) in [6, 6.07) is 9.48. The quantitative estimate of drug-likeness (QED) is 0.520. The number of rotatable bonds is 11. The Morgan fingerprint density at radius 3 is 2.43 bits per heavy atom. The molecule has 188 valence electrons. The summed E-state index contributed by atoms with van der Waals surface area (Å²) in [6.45, 7) is 14.3. The molecular weight excluding hydrogens is 444 g/mol. The first kappa shape index (κ1) is 26.2. The van der Waals surface area contributed by atoms with Crippen LogP contribution in [0.4, 0.5) is 0 Å². The molecule has 0 radical (unpaired) electrons. The number of aromatic nitrogens is 1. The van der Waals surface area contributed by atoms with E-state index in [0.29, 0.717) is 42.6 Å². The van der Waals surface area contributed by atoms with Crippen molar-refractivity contribution in [2.24, 2.45) is 5.73 Å². The second-order valence-corrected chi connectivity index (χ2v) is 8.40. The Morgan fingerprint density at radius 2 is 1.80 bits per heavy atom. The van der Waals surface area contributed by atoms with Crippen LogP contribution in [-0.4, -0.2) is 42.3 Å². The van der Waals surface area contributed by atoms with E-state index in [-0.39, 0.29) is 17.0 Å². The zero-order valence-corrected chi connectivity index (χ0v) is 21.4. The van der Waals surface area contributed by atoms with Gasteiger partial charge in [-0.2, -0.15) is 5.26 Å². The third kappa shape index (κ3) is 5.46. The maximum Gasteiger partial charge on any atom is 0.258 e. The van der Waals surface area contributed by atoms with Gasteiger partial charge in [0.15, 0.2) is 11.5 Å². The third-order valence-electron chi connectivity index (χ3n) is 6.34. The van der Waals surface area contributed by atoms with Crippen LogP contribution in [0.3, 0.4) is 0 Å². The van der Waals surface area contributed by atoms with Gasteiger partial charge < -0.3 is 29.4 Å². The average Bonchev–Trinajstić information content (AvgIpc) is 2.84. The molecule has 1 aromatic heterocycles. The van der Waals surface area contributed by atoms with E-state index < -0.39 is 5.92 Å². The van der Waals surface area contributed by atoms with E-state index in [1.54, 1.807) is 10.6 Å². The Bertz CT molecular complexity index is 1170. The molecule has 1 aromatic carbocycles. The molecule has 0 spiro atoms. The summed E-state index contributed by atoms with van der Waals surface area (Å²) >= 11 is 0. The first-order valence-electron chi connectivity index (χ1n) is 12.3. The lowest BCUT2D eigenvalue weighted by molar-refractivity contribution is 0.287. The van der Waals surface area contributed by atoms with Gasteiger partial charge in [-0.1, -0.05) is 19.9 Å². The molecule has 0 saturated carbocycles. The van der Waals surface area contributed by atoms with Crippen molar-refractivity contribution in [3.8, 4) is 23.3 Å². The number of nitriles is 1. The zero-order valence-electron chi connectivity index (χ0n) is 21.4. The lowest BCUT2D eigenvalue weighted by atomic mass is 9.84. The standard InChI is InChI=1S/C27H36N4O4/c1-6-30(7-2)13-10-14-31-18(5)15-23-25(27(31)32)24(20(17-28)26(29)35-23)19-11-12-21(33-8-3)22(16-19)34-9-4/h11-12,15-16,24H,6-10,13-14,29H2,1-5H3/t24-/m0/s1. The second kappa shape index (κ2) is 11.8. The number of pyridine rings is 1. The third-order valence-corrected chi connectivity index (χ3v) is 6.34. The van der Waals surface area contributed by atoms with Gasteiger partial charge in [0.1, 0.15) is 17.4 Å². The molecule has 0 bridgehead atoms. The Labute approximate surface area is 207 Å². The van der Waals surface area contributed by atoms with E-state index in [4.69, 9.17) is 19.9 Å². The largest absolute Gasteiger partial charge is 0.490 e. The molecule has 35 heavy (non-hydrogen) atoms. The topological polar surface area (TPSA) is 103 Å². The predicted octanol–water partition coefficient (Wildman–Crippen LogP) is 3.90. The van der Waals surface area contributed by atoms with Crippen LogP contribution in [0.1, 0.15) is 56.9 Å². The SMILES string of the molecule is CCOc1ccc([C@H]2C(C#N)=C(N)Oc3cc(C)n(CCCN(CC)CC)c(=O)c32)cc1OCC. The Kier molecular flexibility index (Phi) is 8.83. The molecule has 1 atom stereocenters. The van der Waals surface area contributed by atoms with E-state index in [2.05, 4.69) is 24.8 Å². The van der Waals surface area contributed by atoms with Crippen molar-refractivity contribution < 1.29 is 14.2 Å². The minimum Gasteiger partial charge on any atom is -0.490 e. The number of hydrogen-bond acceptors (Lipinski definition) is 7. The molecule has 1 aliphatic rings. The van der Waals surface area contributed by atoms with Gasteiger partial charge in [-0.25, -0.2) is 0 Å². The molecule has 0 unspecified atom stereocenters. The van der Waals surface area contributed by atoms with Crippen LogP contribution in [-0.2, 0) is 6.54 Å². The van der Waals surface area contributed by atoms with Gasteiger partial charge in [-0.15, -0.1) is 0 Å². The van der Waals surface area contributed by atoms with E-state index in [1.807, 2.05) is 39.0 Å². The van der Waals surface area contributed by atoms with Gasteiger partial charge in [0.05, 0.1) is 24.7 Å². The van der Waals surface area contributed by atoms with Gasteiger partial charge in [0.25, 0.3) is 5.56 Å². The highest BCUT2D eigenvalue weighted by atomic mass is 16.5. The monoisotopic (exact) mass is 480 g/mol. The van der Waals surface area contributed by atoms with Gasteiger partial charge in [0.2, 0.25) is 5.88 Å². The van der Waals surface area contributed by atoms with Gasteiger partial charge in [-0.05, 0) is 64.5 Å². The maximum absolute atomic E-state index is 13.8. The number of ether oxygens (including phenoxy) is 3. The summed E-state index contributed by atoms with van der Waals surface area (Å²) in [6.07, 6.45) is 0.841. The highest BCUT2D eigenvalue weighted by Crippen LogP contribution is 2.42. The molecule has 8 heteroatoms. The molecule has 0 fully saturated rings. The van der Waals surface area contributed by atoms with E-state index >= 15 is 0 Å². The summed E-state index contributed by atoms with van der Waals surface area (Å²) in [5.41, 5.74) is 8.12. The van der Waals surface area contributed by atoms with Crippen LogP contribution in [0.25, 0.3) is 0 Å². The van der Waals surface area contributed by atoms with Crippen LogP contribution in [0.2, 0.25) is 0 Å². The van der Waals surface area contributed by atoms with E-state index in [1.165, 1.54) is 0 Å². The lowest BCUT2D eigenvalue weighted by Crippen LogP contribution is -2.33. The summed E-state index contributed by atoms with van der Waals surface area (Å²) in [5, 5.41) is 9.96. The smallest absolute Gasteiger partial charge is 0.258 e. The summed E-state index contributed by atoms with van der Waals surface area (Å²) < 4.78 is 19.0. The van der Waals surface area contributed by atoms with Crippen molar-refractivity contribution in [3.63, 3.8) is 0 Å². The first-order valence-corrected chi connectivity index (χ1v) is 12.3. The molecule has 0 saturated heterocycles. The van der Waals surface area contributed by atoms with Crippen molar-refractivity contribution in [1.82, 2.24) is 9.47 Å². The van der Waals surface area contributed by atoms with Crippen molar-refractivity contribution in [3.05, 3.63) is 62.9 Å². The fourth-order valence-corrected chi connectivity index (χ4v) is 4.54. The molecule has 0 amide bonds. The normalized spacial score (nSPS) is 14.9. The van der Waals surface area contributed by atoms with E-state index in [9.17, 15) is 10.1 Å². The number of fused-ring (bicyclic) bond motifs is 1. The molecule has 3 rings (SSSR count). The van der Waals surface area contributed by atoms with Crippen LogP contribution in [0.15, 0.2) is 40.5 Å². The molecule has 2 heterocycles. The Hall–Kier alpha value is -3.44. The highest BCUT2D eigenvalue weighted by molar-refractivity contribution is 5.57. The zero-order chi connectivity index (χ0) is 25.5. The summed E-state index contributed by atoms with van der Waals surface area (Å²) in [4.78, 5) is 16.2. The fourth-order valence-electron chi connectivity index (χ4n) is 4.54. The number of benzene rings is 1. The lowest BCUT2D eigenvalue weighted by Gasteiger charge is -2.28. The number of allylic oxidation sites excluding steroid dienone is 1. The molecule has 2 N–H and O–H groups in total. The van der Waals surface area contributed by atoms with Crippen LogP contribution in [0, 0.1) is 18.3 Å². The van der Waals surface area contributed by atoms with Crippen molar-refractivity contribution in [2.75, 3.05) is 32.8 Å². The predicted molar refractivity (Wildman–Crippen MR) is 136 cm³/mol. The van der Waals surface area contributed by atoms with Gasteiger partial charge in [0, 0.05) is 18.3 Å². The summed E-state index contributed by atoms with van der Waals surface area (Å²) in [5.74, 6) is 0.900.